The van der Waals surface area contributed by atoms with Crippen molar-refractivity contribution in [1.82, 2.24) is 20.4 Å². The maximum Gasteiger partial charge on any atom is 0.323 e. The number of hydrogen-bond donors (Lipinski definition) is 5. The van der Waals surface area contributed by atoms with Crippen LogP contribution in [0.5, 0.6) is 0 Å². The molecule has 57 heavy (non-hydrogen) atoms. The molecule has 340 valence electrons. The zero-order valence-electron chi connectivity index (χ0n) is 37.8. The Morgan fingerprint density at radius 3 is 1.25 bits per heavy atom. The topological polar surface area (TPSA) is 108 Å². The zero-order valence-corrected chi connectivity index (χ0v) is 38.6. The Bertz CT molecular complexity index is 857. The van der Waals surface area contributed by atoms with Crippen LogP contribution in [-0.2, 0) is 4.79 Å². The summed E-state index contributed by atoms with van der Waals surface area (Å²) < 4.78 is 0. The number of aliphatic hydroxyl groups excluding tert-OH is 2. The summed E-state index contributed by atoms with van der Waals surface area (Å²) >= 11 is 6.06. The van der Waals surface area contributed by atoms with Crippen molar-refractivity contribution in [3.8, 4) is 0 Å². The predicted octanol–water partition coefficient (Wildman–Crippen LogP) is 11.8. The fourth-order valence-corrected chi connectivity index (χ4v) is 9.21. The maximum absolute atomic E-state index is 11.2. The van der Waals surface area contributed by atoms with Gasteiger partial charge in [-0.2, -0.15) is 0 Å². The summed E-state index contributed by atoms with van der Waals surface area (Å²) in [5.74, 6) is -0.987. The number of nitrogens with zero attached hydrogens (tertiary/aromatic N) is 2. The second-order valence-electron chi connectivity index (χ2n) is 17.6. The van der Waals surface area contributed by atoms with Crippen LogP contribution in [-0.4, -0.2) is 101 Å². The molecule has 8 nitrogen and oxygen atoms in total. The normalized spacial score (nSPS) is 19.3. The van der Waals surface area contributed by atoms with E-state index in [1.54, 1.807) is 0 Å². The lowest BCUT2D eigenvalue weighted by Gasteiger charge is -2.29. The molecule has 4 unspecified atom stereocenters. The summed E-state index contributed by atoms with van der Waals surface area (Å²) in [5, 5.41) is 33.6. The first-order chi connectivity index (χ1) is 28.0. The highest BCUT2D eigenvalue weighted by Crippen LogP contribution is 2.23. The van der Waals surface area contributed by atoms with Gasteiger partial charge in [0.2, 0.25) is 0 Å². The SMILES string of the molecule is CCCCCCCCCCCCCCCCCCC1NCC(C(Cl)C(=O)O)N1CCO.CCCCCCCCCCCCCCCCCCC1NCCN1CCO. The van der Waals surface area contributed by atoms with Gasteiger partial charge in [-0.05, 0) is 12.8 Å². The Hall–Kier alpha value is -0.480. The smallest absolute Gasteiger partial charge is 0.323 e. The highest BCUT2D eigenvalue weighted by atomic mass is 35.5. The second-order valence-corrected chi connectivity index (χ2v) is 18.1. The van der Waals surface area contributed by atoms with Crippen molar-refractivity contribution in [2.45, 2.75) is 256 Å². The van der Waals surface area contributed by atoms with Gasteiger partial charge in [-0.1, -0.05) is 219 Å². The van der Waals surface area contributed by atoms with Gasteiger partial charge >= 0.3 is 5.97 Å². The number of β-amino-alcohol motifs (C(OH)–C–C–N with tert-alkyl or cyclic N) is 2. The molecule has 0 aromatic heterocycles. The molecule has 2 aliphatic heterocycles. The van der Waals surface area contributed by atoms with E-state index < -0.39 is 11.3 Å². The van der Waals surface area contributed by atoms with Crippen LogP contribution in [0.25, 0.3) is 0 Å². The molecule has 0 radical (unpaired) electrons. The third-order valence-electron chi connectivity index (χ3n) is 12.6. The lowest BCUT2D eigenvalue weighted by Crippen LogP contribution is -2.46. The molecule has 2 rings (SSSR count). The van der Waals surface area contributed by atoms with Crippen LogP contribution in [0.15, 0.2) is 0 Å². The predicted molar refractivity (Wildman–Crippen MR) is 245 cm³/mol. The van der Waals surface area contributed by atoms with Gasteiger partial charge in [0, 0.05) is 32.7 Å². The highest BCUT2D eigenvalue weighted by Gasteiger charge is 2.39. The van der Waals surface area contributed by atoms with Crippen LogP contribution in [0, 0.1) is 0 Å². The minimum absolute atomic E-state index is 0.0247. The first-order valence-electron chi connectivity index (χ1n) is 25.0. The van der Waals surface area contributed by atoms with Gasteiger partial charge in [0.05, 0.1) is 31.6 Å². The number of carboxylic acid groups (broad SMARTS) is 1. The Kier molecular flexibility index (Phi) is 39.1. The van der Waals surface area contributed by atoms with Gasteiger partial charge in [-0.25, -0.2) is 0 Å². The third kappa shape index (κ3) is 30.2. The van der Waals surface area contributed by atoms with E-state index in [-0.39, 0.29) is 25.4 Å². The quantitative estimate of drug-likeness (QED) is 0.0307. The molecule has 5 N–H and O–H groups in total. The monoisotopic (exact) mass is 829 g/mol. The van der Waals surface area contributed by atoms with Crippen LogP contribution in [0.4, 0.5) is 0 Å². The summed E-state index contributed by atoms with van der Waals surface area (Å²) in [4.78, 5) is 15.6. The summed E-state index contributed by atoms with van der Waals surface area (Å²) in [6.07, 6.45) is 47.6. The minimum atomic E-state index is -0.987. The molecular weight excluding hydrogens is 732 g/mol. The van der Waals surface area contributed by atoms with E-state index >= 15 is 0 Å². The molecule has 0 amide bonds. The summed E-state index contributed by atoms with van der Waals surface area (Å²) in [7, 11) is 0. The number of hydrogen-bond acceptors (Lipinski definition) is 7. The molecule has 2 aliphatic rings. The van der Waals surface area contributed by atoms with Crippen LogP contribution < -0.4 is 10.6 Å². The number of rotatable bonds is 40. The number of alkyl halides is 1. The largest absolute Gasteiger partial charge is 0.480 e. The van der Waals surface area contributed by atoms with Crippen molar-refractivity contribution in [3.63, 3.8) is 0 Å². The number of aliphatic carboxylic acids is 1. The van der Waals surface area contributed by atoms with E-state index in [0.29, 0.717) is 19.3 Å². The van der Waals surface area contributed by atoms with E-state index in [1.807, 2.05) is 4.90 Å². The number of carbonyl (C=O) groups is 1. The van der Waals surface area contributed by atoms with Gasteiger partial charge in [0.25, 0.3) is 0 Å². The number of nitrogens with one attached hydrogen (secondary N) is 2. The average molecular weight is 830 g/mol. The van der Waals surface area contributed by atoms with Crippen molar-refractivity contribution in [1.29, 1.82) is 0 Å². The Balaban J connectivity index is 0.000000579. The van der Waals surface area contributed by atoms with Crippen molar-refractivity contribution in [3.05, 3.63) is 0 Å². The lowest BCUT2D eigenvalue weighted by atomic mass is 10.0. The molecule has 0 bridgehead atoms. The maximum atomic E-state index is 11.2. The van der Waals surface area contributed by atoms with E-state index in [0.717, 1.165) is 32.5 Å². The van der Waals surface area contributed by atoms with E-state index in [2.05, 4.69) is 29.4 Å². The van der Waals surface area contributed by atoms with Crippen LogP contribution >= 0.6 is 11.6 Å². The lowest BCUT2D eigenvalue weighted by molar-refractivity contribution is -0.137. The fourth-order valence-electron chi connectivity index (χ4n) is 8.98. The highest BCUT2D eigenvalue weighted by molar-refractivity contribution is 6.30. The molecule has 0 aliphatic carbocycles. The summed E-state index contributed by atoms with van der Waals surface area (Å²) in [6.45, 7) is 8.94. The molecule has 0 spiro atoms. The fraction of sp³-hybridized carbons (Fsp3) is 0.979. The van der Waals surface area contributed by atoms with E-state index in [4.69, 9.17) is 16.7 Å². The Labute approximate surface area is 358 Å². The first-order valence-corrected chi connectivity index (χ1v) is 25.5. The summed E-state index contributed by atoms with van der Waals surface area (Å²) in [6, 6.07) is -0.252. The van der Waals surface area contributed by atoms with Gasteiger partial charge in [-0.3, -0.25) is 14.6 Å². The first kappa shape index (κ1) is 54.5. The third-order valence-corrected chi connectivity index (χ3v) is 13.1. The number of unbranched alkanes of at least 4 members (excludes halogenated alkanes) is 30. The number of aliphatic hydroxyl groups is 2. The molecular formula is C48H97ClN4O4. The Morgan fingerprint density at radius 2 is 0.895 bits per heavy atom. The van der Waals surface area contributed by atoms with Crippen molar-refractivity contribution < 1.29 is 20.1 Å². The van der Waals surface area contributed by atoms with Crippen LogP contribution in [0.2, 0.25) is 0 Å². The van der Waals surface area contributed by atoms with Gasteiger partial charge < -0.3 is 26.0 Å². The van der Waals surface area contributed by atoms with Crippen molar-refractivity contribution >= 4 is 17.6 Å². The minimum Gasteiger partial charge on any atom is -0.480 e. The number of halogens is 1. The molecule has 0 aromatic carbocycles. The molecule has 9 heteroatoms. The van der Waals surface area contributed by atoms with Crippen molar-refractivity contribution in [2.24, 2.45) is 0 Å². The zero-order chi connectivity index (χ0) is 41.4. The average Bonchev–Trinajstić information content (AvgIpc) is 3.83. The molecule has 0 aromatic rings. The molecule has 0 saturated carbocycles. The van der Waals surface area contributed by atoms with Gasteiger partial charge in [0.15, 0.2) is 0 Å². The van der Waals surface area contributed by atoms with Gasteiger partial charge in [-0.15, -0.1) is 11.6 Å². The van der Waals surface area contributed by atoms with E-state index in [1.165, 1.54) is 205 Å². The molecule has 2 heterocycles. The second kappa shape index (κ2) is 40.9. The Morgan fingerprint density at radius 1 is 0.544 bits per heavy atom. The van der Waals surface area contributed by atoms with Crippen molar-refractivity contribution in [2.75, 3.05) is 45.9 Å². The van der Waals surface area contributed by atoms with Gasteiger partial charge in [0.1, 0.15) is 5.38 Å². The van der Waals surface area contributed by atoms with Crippen LogP contribution in [0.3, 0.4) is 0 Å². The summed E-state index contributed by atoms with van der Waals surface area (Å²) in [5.41, 5.74) is 0. The molecule has 4 atom stereocenters. The standard InChI is InChI=1S/C25H49ClN2O3.C23H48N2O/c1-2-3-4-5-6-7-8-9-10-11-12-13-14-15-16-17-18-23-27-21-22(24(26)25(30)31)28(23)19-20-29;1-2-3-4-5-6-7-8-9-10-11-12-13-14-15-16-17-18-23-24-19-20-25(23)21-22-26/h22-24,27,29H,2-21H2,1H3,(H,30,31);23-24,26H,2-22H2,1H3. The van der Waals surface area contributed by atoms with E-state index in [9.17, 15) is 15.0 Å². The van der Waals surface area contributed by atoms with Crippen LogP contribution in [0.1, 0.15) is 232 Å². The molecule has 2 saturated heterocycles. The molecule has 2 fully saturated rings. The number of carboxylic acids is 1.